The van der Waals surface area contributed by atoms with Crippen molar-refractivity contribution in [2.45, 2.75) is 50.2 Å². The van der Waals surface area contributed by atoms with Gasteiger partial charge in [0.25, 0.3) is 5.92 Å². The fraction of sp³-hybridized carbons (Fsp3) is 0.458. The highest BCUT2D eigenvalue weighted by Crippen LogP contribution is 2.46. The maximum absolute atomic E-state index is 14.9. The standard InChI is InChI=1S/C24H24ClF5N4O/c1-2-3-8-35-21-5-4-15(11-33-21)18-14-34(7-6-23(18,26)27)22(24(28,29)30)20-10-19-16(12-31-20)9-17(25)13-32-19/h4-5,9-13,18,22H,2-3,6-8,14H2,1H3. The van der Waals surface area contributed by atoms with E-state index in [-0.39, 0.29) is 16.8 Å². The van der Waals surface area contributed by atoms with Crippen molar-refractivity contribution < 1.29 is 26.7 Å². The molecule has 1 aliphatic rings. The van der Waals surface area contributed by atoms with Crippen LogP contribution in [0.15, 0.2) is 42.9 Å². The summed E-state index contributed by atoms with van der Waals surface area (Å²) in [5.74, 6) is -4.36. The van der Waals surface area contributed by atoms with Gasteiger partial charge < -0.3 is 4.74 Å². The highest BCUT2D eigenvalue weighted by Gasteiger charge is 2.52. The van der Waals surface area contributed by atoms with Gasteiger partial charge in [-0.3, -0.25) is 14.9 Å². The topological polar surface area (TPSA) is 51.1 Å². The summed E-state index contributed by atoms with van der Waals surface area (Å²) in [6.07, 6.45) is 0.144. The van der Waals surface area contributed by atoms with Crippen LogP contribution in [0.4, 0.5) is 22.0 Å². The van der Waals surface area contributed by atoms with Gasteiger partial charge in [-0.1, -0.05) is 31.0 Å². The summed E-state index contributed by atoms with van der Waals surface area (Å²) in [6, 6.07) is 3.54. The van der Waals surface area contributed by atoms with Gasteiger partial charge in [-0.2, -0.15) is 13.2 Å². The molecule has 1 fully saturated rings. The van der Waals surface area contributed by atoms with E-state index in [0.29, 0.717) is 22.9 Å². The lowest BCUT2D eigenvalue weighted by Gasteiger charge is -2.42. The first kappa shape index (κ1) is 25.5. The minimum atomic E-state index is -4.74. The molecule has 2 atom stereocenters. The number of hydrogen-bond donors (Lipinski definition) is 0. The Kier molecular flexibility index (Phi) is 7.42. The van der Waals surface area contributed by atoms with E-state index < -0.39 is 43.6 Å². The molecule has 11 heteroatoms. The van der Waals surface area contributed by atoms with E-state index in [1.54, 1.807) is 6.07 Å². The number of ether oxygens (including phenoxy) is 1. The molecule has 0 radical (unpaired) electrons. The molecular formula is C24H24ClF5N4O. The molecule has 3 aromatic rings. The van der Waals surface area contributed by atoms with Gasteiger partial charge in [0.05, 0.1) is 28.8 Å². The van der Waals surface area contributed by atoms with Gasteiger partial charge in [0.1, 0.15) is 6.04 Å². The highest BCUT2D eigenvalue weighted by atomic mass is 35.5. The molecule has 0 spiro atoms. The molecule has 3 aromatic heterocycles. The van der Waals surface area contributed by atoms with Crippen molar-refractivity contribution in [1.29, 1.82) is 0 Å². The Morgan fingerprint density at radius 2 is 1.94 bits per heavy atom. The third kappa shape index (κ3) is 5.81. The molecule has 35 heavy (non-hydrogen) atoms. The Morgan fingerprint density at radius 1 is 1.14 bits per heavy atom. The summed E-state index contributed by atoms with van der Waals surface area (Å²) < 4.78 is 77.9. The number of rotatable bonds is 7. The van der Waals surface area contributed by atoms with Gasteiger partial charge >= 0.3 is 6.18 Å². The molecule has 5 nitrogen and oxygen atoms in total. The highest BCUT2D eigenvalue weighted by molar-refractivity contribution is 6.31. The zero-order valence-corrected chi connectivity index (χ0v) is 19.7. The average molecular weight is 515 g/mol. The predicted molar refractivity (Wildman–Crippen MR) is 122 cm³/mol. The van der Waals surface area contributed by atoms with Crippen LogP contribution in [-0.4, -0.2) is 51.6 Å². The molecule has 0 amide bonds. The largest absolute Gasteiger partial charge is 0.478 e. The Labute approximate surface area is 204 Å². The number of aromatic nitrogens is 3. The zero-order valence-electron chi connectivity index (χ0n) is 18.9. The van der Waals surface area contributed by atoms with Gasteiger partial charge in [-0.05, 0) is 24.1 Å². The second-order valence-electron chi connectivity index (χ2n) is 8.59. The van der Waals surface area contributed by atoms with Crippen molar-refractivity contribution >= 4 is 22.5 Å². The molecule has 0 saturated carbocycles. The van der Waals surface area contributed by atoms with Crippen molar-refractivity contribution in [3.63, 3.8) is 0 Å². The number of unbranched alkanes of at least 4 members (excludes halogenated alkanes) is 1. The first-order valence-electron chi connectivity index (χ1n) is 11.3. The van der Waals surface area contributed by atoms with Crippen LogP contribution < -0.4 is 4.74 Å². The zero-order chi connectivity index (χ0) is 25.2. The Hall–Kier alpha value is -2.59. The summed E-state index contributed by atoms with van der Waals surface area (Å²) >= 11 is 5.90. The smallest absolute Gasteiger partial charge is 0.409 e. The van der Waals surface area contributed by atoms with Gasteiger partial charge in [0, 0.05) is 49.6 Å². The summed E-state index contributed by atoms with van der Waals surface area (Å²) in [7, 11) is 0. The van der Waals surface area contributed by atoms with E-state index in [1.165, 1.54) is 36.8 Å². The van der Waals surface area contributed by atoms with Crippen molar-refractivity contribution in [2.24, 2.45) is 0 Å². The third-order valence-electron chi connectivity index (χ3n) is 6.08. The Morgan fingerprint density at radius 3 is 2.63 bits per heavy atom. The van der Waals surface area contributed by atoms with E-state index in [0.717, 1.165) is 17.7 Å². The lowest BCUT2D eigenvalue weighted by Crippen LogP contribution is -2.50. The molecule has 0 aromatic carbocycles. The molecule has 1 saturated heterocycles. The third-order valence-corrected chi connectivity index (χ3v) is 6.28. The number of piperidine rings is 1. The predicted octanol–water partition coefficient (Wildman–Crippen LogP) is 6.59. The van der Waals surface area contributed by atoms with Crippen LogP contribution in [0.5, 0.6) is 5.88 Å². The molecule has 2 unspecified atom stereocenters. The number of halogens is 6. The quantitative estimate of drug-likeness (QED) is 0.263. The summed E-state index contributed by atoms with van der Waals surface area (Å²) in [4.78, 5) is 13.2. The summed E-state index contributed by atoms with van der Waals surface area (Å²) in [5, 5.41) is 0.813. The lowest BCUT2D eigenvalue weighted by molar-refractivity contribution is -0.201. The normalized spacial score (nSPS) is 19.6. The summed E-state index contributed by atoms with van der Waals surface area (Å²) in [6.45, 7) is 1.50. The monoisotopic (exact) mass is 514 g/mol. The minimum Gasteiger partial charge on any atom is -0.478 e. The fourth-order valence-electron chi connectivity index (χ4n) is 4.24. The number of pyridine rings is 3. The van der Waals surface area contributed by atoms with Crippen LogP contribution in [0.1, 0.15) is 49.4 Å². The molecule has 0 N–H and O–H groups in total. The van der Waals surface area contributed by atoms with E-state index in [9.17, 15) is 22.0 Å². The van der Waals surface area contributed by atoms with Crippen molar-refractivity contribution in [3.05, 3.63) is 59.1 Å². The fourth-order valence-corrected chi connectivity index (χ4v) is 4.40. The van der Waals surface area contributed by atoms with E-state index >= 15 is 0 Å². The number of alkyl halides is 5. The van der Waals surface area contributed by atoms with Crippen LogP contribution in [0.3, 0.4) is 0 Å². The number of hydrogen-bond acceptors (Lipinski definition) is 5. The van der Waals surface area contributed by atoms with Gasteiger partial charge in [0.2, 0.25) is 5.88 Å². The van der Waals surface area contributed by atoms with Gasteiger partial charge in [-0.15, -0.1) is 0 Å². The van der Waals surface area contributed by atoms with Crippen LogP contribution in [0.2, 0.25) is 5.02 Å². The maximum atomic E-state index is 14.9. The SMILES string of the molecule is CCCCOc1ccc(C2CN(C(c3cc4ncc(Cl)cc4cn3)C(F)(F)F)CCC2(F)F)cn1. The van der Waals surface area contributed by atoms with E-state index in [2.05, 4.69) is 15.0 Å². The van der Waals surface area contributed by atoms with Gasteiger partial charge in [-0.25, -0.2) is 13.8 Å². The molecule has 1 aliphatic heterocycles. The van der Waals surface area contributed by atoms with Crippen molar-refractivity contribution in [2.75, 3.05) is 19.7 Å². The first-order valence-corrected chi connectivity index (χ1v) is 11.6. The van der Waals surface area contributed by atoms with Crippen molar-refractivity contribution in [1.82, 2.24) is 19.9 Å². The number of likely N-dealkylation sites (tertiary alicyclic amines) is 1. The first-order chi connectivity index (χ1) is 16.6. The number of nitrogens with zero attached hydrogens (tertiary/aromatic N) is 4. The molecule has 0 aliphatic carbocycles. The Bertz CT molecular complexity index is 1160. The molecule has 188 valence electrons. The van der Waals surface area contributed by atoms with Crippen molar-refractivity contribution in [3.8, 4) is 5.88 Å². The second kappa shape index (κ2) is 10.2. The Balaban J connectivity index is 1.61. The van der Waals surface area contributed by atoms with Crippen LogP contribution in [-0.2, 0) is 0 Å². The molecule has 0 bridgehead atoms. The second-order valence-corrected chi connectivity index (χ2v) is 9.03. The van der Waals surface area contributed by atoms with E-state index in [1.807, 2.05) is 6.92 Å². The number of fused-ring (bicyclic) bond motifs is 1. The van der Waals surface area contributed by atoms with Gasteiger partial charge in [0.15, 0.2) is 0 Å². The molecular weight excluding hydrogens is 491 g/mol. The lowest BCUT2D eigenvalue weighted by atomic mass is 9.86. The summed E-state index contributed by atoms with van der Waals surface area (Å²) in [5.41, 5.74) is 0.142. The maximum Gasteiger partial charge on any atom is 0.409 e. The van der Waals surface area contributed by atoms with Crippen LogP contribution >= 0.6 is 11.6 Å². The molecule has 4 heterocycles. The van der Waals surface area contributed by atoms with E-state index in [4.69, 9.17) is 16.3 Å². The van der Waals surface area contributed by atoms with Crippen LogP contribution in [0, 0.1) is 0 Å². The average Bonchev–Trinajstić information content (AvgIpc) is 2.80. The minimum absolute atomic E-state index is 0.159. The molecule has 4 rings (SSSR count). The van der Waals surface area contributed by atoms with Crippen LogP contribution in [0.25, 0.3) is 10.9 Å².